The second-order valence-corrected chi connectivity index (χ2v) is 0.250. The van der Waals surface area contributed by atoms with Crippen molar-refractivity contribution in [3.63, 3.8) is 0 Å². The Balaban J connectivity index is -0.00000000750. The minimum atomic E-state index is -2.33. The van der Waals surface area contributed by atoms with Crippen molar-refractivity contribution in [2.75, 3.05) is 0 Å². The maximum atomic E-state index is 8.33. The zero-order valence-electron chi connectivity index (χ0n) is 5.17. The van der Waals surface area contributed by atoms with E-state index in [1.54, 1.807) is 0 Å². The fourth-order valence-corrected chi connectivity index (χ4v) is 0. The van der Waals surface area contributed by atoms with Gasteiger partial charge in [0.15, 0.2) is 0 Å². The van der Waals surface area contributed by atoms with E-state index in [1.165, 1.54) is 0 Å². The van der Waals surface area contributed by atoms with Crippen LogP contribution in [-0.2, 0) is 0 Å². The number of hydrogen-bond donors (Lipinski definition) is 0. The molecule has 0 atom stereocenters. The molecule has 0 radical (unpaired) electrons. The average molecular weight is 97.8 g/mol. The number of rotatable bonds is 0. The first kappa shape index (κ1) is 35.9. The second kappa shape index (κ2) is 24.5. The molecular formula is CHLi3O4. The van der Waals surface area contributed by atoms with Crippen LogP contribution in [0.25, 0.3) is 0 Å². The van der Waals surface area contributed by atoms with E-state index >= 15 is 0 Å². The summed E-state index contributed by atoms with van der Waals surface area (Å²) in [6.07, 6.45) is -2.33. The van der Waals surface area contributed by atoms with Crippen LogP contribution in [0.4, 0.5) is 4.79 Å². The average Bonchev–Trinajstić information content (AvgIpc) is 0.811. The zero-order chi connectivity index (χ0) is 3.58. The van der Waals surface area contributed by atoms with E-state index in [9.17, 15) is 0 Å². The van der Waals surface area contributed by atoms with Crippen LogP contribution in [0.15, 0.2) is 0 Å². The summed E-state index contributed by atoms with van der Waals surface area (Å²) >= 11 is 0. The number of carboxylic acid groups (broad SMARTS) is 2. The molecule has 0 amide bonds. The van der Waals surface area contributed by atoms with Crippen LogP contribution >= 0.6 is 0 Å². The van der Waals surface area contributed by atoms with Crippen LogP contribution < -0.4 is 66.8 Å². The van der Waals surface area contributed by atoms with Crippen molar-refractivity contribution < 1.29 is 77.1 Å². The Labute approximate surface area is 82.9 Å². The van der Waals surface area contributed by atoms with Crippen molar-refractivity contribution >= 4 is 6.16 Å². The Kier molecular flexibility index (Phi) is 110. The first-order valence-corrected chi connectivity index (χ1v) is 0.612. The van der Waals surface area contributed by atoms with Crippen molar-refractivity contribution in [3.8, 4) is 0 Å². The van der Waals surface area contributed by atoms with Crippen LogP contribution in [0.2, 0.25) is 0 Å². The first-order valence-electron chi connectivity index (χ1n) is 0.612. The van der Waals surface area contributed by atoms with Gasteiger partial charge in [0.2, 0.25) is 0 Å². The van der Waals surface area contributed by atoms with Gasteiger partial charge in [0, 0.05) is 0 Å². The Hall–Kier alpha value is 1.02. The largest absolute Gasteiger partial charge is 1.00 e. The smallest absolute Gasteiger partial charge is 0.870 e. The first-order chi connectivity index (χ1) is 1.73. The summed E-state index contributed by atoms with van der Waals surface area (Å²) in [6.45, 7) is 0. The molecule has 0 spiro atoms. The predicted octanol–water partition coefficient (Wildman–Crippen LogP) is -11.6. The molecule has 0 rings (SSSR count). The summed E-state index contributed by atoms with van der Waals surface area (Å²) < 4.78 is 0. The van der Waals surface area contributed by atoms with Crippen LogP contribution in [0.5, 0.6) is 0 Å². The zero-order valence-corrected chi connectivity index (χ0v) is 5.17. The molecular weight excluding hydrogens is 96.8 g/mol. The normalized spacial score (nSPS) is 3.00. The molecule has 0 aromatic rings. The topological polar surface area (TPSA) is 93.2 Å². The molecule has 4 nitrogen and oxygen atoms in total. The molecule has 32 valence electrons. The molecule has 0 bridgehead atoms. The summed E-state index contributed by atoms with van der Waals surface area (Å²) in [7, 11) is 0. The Morgan fingerprint density at radius 3 is 1.00 bits per heavy atom. The molecule has 0 heterocycles. The quantitative estimate of drug-likeness (QED) is 0.281. The summed E-state index contributed by atoms with van der Waals surface area (Å²) in [6, 6.07) is 0. The van der Waals surface area contributed by atoms with E-state index in [1.807, 2.05) is 0 Å². The fraction of sp³-hybridized carbons (Fsp3) is 0. The summed E-state index contributed by atoms with van der Waals surface area (Å²) in [5.41, 5.74) is 0. The third-order valence-corrected chi connectivity index (χ3v) is 0. The Bertz CT molecular complexity index is 34.3. The molecule has 1 N–H and O–H groups in total. The van der Waals surface area contributed by atoms with Gasteiger partial charge in [0.25, 0.3) is 0 Å². The van der Waals surface area contributed by atoms with Crippen molar-refractivity contribution in [3.05, 3.63) is 0 Å². The number of hydrogen-bond acceptors (Lipinski definition) is 4. The van der Waals surface area contributed by atoms with Gasteiger partial charge < -0.3 is 20.5 Å². The van der Waals surface area contributed by atoms with E-state index in [0.29, 0.717) is 0 Å². The Morgan fingerprint density at radius 2 is 1.00 bits per heavy atom. The predicted molar refractivity (Wildman–Crippen MR) is 7.33 cm³/mol. The molecule has 0 aliphatic rings. The van der Waals surface area contributed by atoms with Gasteiger partial charge in [-0.3, -0.25) is 0 Å². The molecule has 0 saturated carbocycles. The van der Waals surface area contributed by atoms with Gasteiger partial charge >= 0.3 is 56.6 Å². The molecule has 0 aromatic heterocycles. The standard InChI is InChI=1S/CH2O3.3Li.H2O/c2-1(3)4;;;;/h(H2,2,3,4);;;;1H2/q;3*+1;/p-3. The van der Waals surface area contributed by atoms with E-state index in [-0.39, 0.29) is 62.1 Å². The number of carbonyl (C=O) groups is 1. The molecule has 0 unspecified atom stereocenters. The summed E-state index contributed by atoms with van der Waals surface area (Å²) in [5, 5.41) is 16.7. The van der Waals surface area contributed by atoms with Gasteiger partial charge in [-0.2, -0.15) is 0 Å². The minimum Gasteiger partial charge on any atom is -0.870 e. The number of carbonyl (C=O) groups excluding carboxylic acids is 1. The van der Waals surface area contributed by atoms with Gasteiger partial charge in [-0.25, -0.2) is 0 Å². The van der Waals surface area contributed by atoms with Gasteiger partial charge in [0.1, 0.15) is 0 Å². The minimum absolute atomic E-state index is 0. The van der Waals surface area contributed by atoms with Crippen LogP contribution in [0.3, 0.4) is 0 Å². The summed E-state index contributed by atoms with van der Waals surface area (Å²) in [4.78, 5) is 8.33. The second-order valence-electron chi connectivity index (χ2n) is 0.250. The van der Waals surface area contributed by atoms with E-state index in [0.717, 1.165) is 0 Å². The van der Waals surface area contributed by atoms with Gasteiger partial charge in [-0.05, 0) is 6.16 Å². The van der Waals surface area contributed by atoms with E-state index in [2.05, 4.69) is 0 Å². The molecule has 0 aliphatic carbocycles. The van der Waals surface area contributed by atoms with Gasteiger partial charge in [-0.1, -0.05) is 0 Å². The van der Waals surface area contributed by atoms with Crippen LogP contribution in [-0.4, -0.2) is 11.6 Å². The maximum Gasteiger partial charge on any atom is 1.00 e. The maximum absolute atomic E-state index is 8.33. The van der Waals surface area contributed by atoms with E-state index in [4.69, 9.17) is 15.0 Å². The monoisotopic (exact) mass is 98.0 g/mol. The molecule has 0 aliphatic heterocycles. The van der Waals surface area contributed by atoms with Gasteiger partial charge in [-0.15, -0.1) is 0 Å². The van der Waals surface area contributed by atoms with Crippen molar-refractivity contribution in [2.45, 2.75) is 0 Å². The van der Waals surface area contributed by atoms with Gasteiger partial charge in [0.05, 0.1) is 0 Å². The molecule has 0 fully saturated rings. The van der Waals surface area contributed by atoms with Crippen molar-refractivity contribution in [2.24, 2.45) is 0 Å². The van der Waals surface area contributed by atoms with Crippen molar-refractivity contribution in [1.29, 1.82) is 0 Å². The van der Waals surface area contributed by atoms with Crippen molar-refractivity contribution in [1.82, 2.24) is 0 Å². The fourth-order valence-electron chi connectivity index (χ4n) is 0. The molecule has 0 aromatic carbocycles. The Morgan fingerprint density at radius 1 is 1.00 bits per heavy atom. The van der Waals surface area contributed by atoms with Crippen LogP contribution in [0.1, 0.15) is 0 Å². The summed E-state index contributed by atoms with van der Waals surface area (Å²) in [5.74, 6) is 0. The third kappa shape index (κ3) is 244. The van der Waals surface area contributed by atoms with Crippen LogP contribution in [0, 0.1) is 0 Å². The molecule has 8 heavy (non-hydrogen) atoms. The SMILES string of the molecule is O=C([O-])[O-].[Li+].[Li+].[Li+].[OH-]. The third-order valence-electron chi connectivity index (χ3n) is 0. The van der Waals surface area contributed by atoms with E-state index < -0.39 is 6.16 Å². The molecule has 7 heteroatoms. The molecule has 0 saturated heterocycles.